The summed E-state index contributed by atoms with van der Waals surface area (Å²) in [5.74, 6) is -0.00858. The van der Waals surface area contributed by atoms with Crippen LogP contribution in [0, 0.1) is 28.3 Å². The minimum atomic E-state index is -0.936. The van der Waals surface area contributed by atoms with Gasteiger partial charge in [0.05, 0.1) is 17.0 Å². The molecule has 0 saturated carbocycles. The number of hydrogen-bond acceptors (Lipinski definition) is 4. The summed E-state index contributed by atoms with van der Waals surface area (Å²) in [4.78, 5) is 33.7. The summed E-state index contributed by atoms with van der Waals surface area (Å²) in [6.45, 7) is -0.443. The van der Waals surface area contributed by atoms with Crippen molar-refractivity contribution in [2.24, 2.45) is 0 Å². The highest BCUT2D eigenvalue weighted by Gasteiger charge is 2.17. The van der Waals surface area contributed by atoms with Crippen LogP contribution in [0.2, 0.25) is 0 Å². The standard InChI is InChI=1S/C17H12FN3O4/c1-2-11-4-3-5-12(8-11)20-16(22)10-19-17(23)14-9-13(21(24)25)6-7-15(14)18/h1,3-9H,10H2,(H,19,23)(H,20,22). The number of nitrogens with zero attached hydrogens (tertiary/aromatic N) is 1. The number of hydrogen-bond donors (Lipinski definition) is 2. The van der Waals surface area contributed by atoms with Crippen LogP contribution in [0.5, 0.6) is 0 Å². The van der Waals surface area contributed by atoms with Gasteiger partial charge in [0.1, 0.15) is 5.82 Å². The Labute approximate surface area is 142 Å². The van der Waals surface area contributed by atoms with Gasteiger partial charge in [-0.3, -0.25) is 19.7 Å². The first-order valence-electron chi connectivity index (χ1n) is 6.99. The van der Waals surface area contributed by atoms with E-state index >= 15 is 0 Å². The second kappa shape index (κ2) is 7.70. The number of nitro groups is 1. The maximum Gasteiger partial charge on any atom is 0.270 e. The molecule has 0 spiro atoms. The number of nitro benzene ring substituents is 1. The first kappa shape index (κ1) is 17.6. The molecule has 0 aromatic heterocycles. The molecule has 8 heteroatoms. The summed E-state index contributed by atoms with van der Waals surface area (Å²) >= 11 is 0. The number of halogens is 1. The highest BCUT2D eigenvalue weighted by atomic mass is 19.1. The largest absolute Gasteiger partial charge is 0.343 e. The van der Waals surface area contributed by atoms with Gasteiger partial charge in [0.25, 0.3) is 11.6 Å². The predicted molar refractivity (Wildman–Crippen MR) is 88.4 cm³/mol. The molecule has 0 saturated heterocycles. The van der Waals surface area contributed by atoms with Gasteiger partial charge >= 0.3 is 0 Å². The third-order valence-corrected chi connectivity index (χ3v) is 3.13. The van der Waals surface area contributed by atoms with Crippen LogP contribution in [0.25, 0.3) is 0 Å². The quantitative estimate of drug-likeness (QED) is 0.494. The lowest BCUT2D eigenvalue weighted by molar-refractivity contribution is -0.384. The molecule has 0 aliphatic heterocycles. The van der Waals surface area contributed by atoms with Crippen molar-refractivity contribution in [3.63, 3.8) is 0 Å². The zero-order valence-electron chi connectivity index (χ0n) is 12.8. The Morgan fingerprint density at radius 3 is 2.68 bits per heavy atom. The number of anilines is 1. The Morgan fingerprint density at radius 2 is 2.00 bits per heavy atom. The van der Waals surface area contributed by atoms with Crippen LogP contribution in [0.1, 0.15) is 15.9 Å². The maximum atomic E-state index is 13.6. The van der Waals surface area contributed by atoms with Crippen LogP contribution >= 0.6 is 0 Å². The van der Waals surface area contributed by atoms with Crippen molar-refractivity contribution < 1.29 is 18.9 Å². The molecule has 2 amide bonds. The number of benzene rings is 2. The van der Waals surface area contributed by atoms with Crippen molar-refractivity contribution in [2.75, 3.05) is 11.9 Å². The van der Waals surface area contributed by atoms with Crippen LogP contribution in [0.3, 0.4) is 0 Å². The topological polar surface area (TPSA) is 101 Å². The number of carbonyl (C=O) groups excluding carboxylic acids is 2. The minimum Gasteiger partial charge on any atom is -0.343 e. The normalized spacial score (nSPS) is 9.76. The number of amides is 2. The average Bonchev–Trinajstić information content (AvgIpc) is 2.60. The third-order valence-electron chi connectivity index (χ3n) is 3.13. The van der Waals surface area contributed by atoms with E-state index in [1.807, 2.05) is 0 Å². The fraction of sp³-hybridized carbons (Fsp3) is 0.0588. The number of non-ortho nitro benzene ring substituents is 1. The second-order valence-corrected chi connectivity index (χ2v) is 4.88. The van der Waals surface area contributed by atoms with Crippen molar-refractivity contribution in [1.82, 2.24) is 5.32 Å². The lowest BCUT2D eigenvalue weighted by Crippen LogP contribution is -2.33. The molecule has 2 rings (SSSR count). The van der Waals surface area contributed by atoms with Gasteiger partial charge in [-0.25, -0.2) is 4.39 Å². The van der Waals surface area contributed by atoms with Gasteiger partial charge in [0.15, 0.2) is 0 Å². The van der Waals surface area contributed by atoms with Crippen LogP contribution < -0.4 is 10.6 Å². The van der Waals surface area contributed by atoms with E-state index in [2.05, 4.69) is 16.6 Å². The van der Waals surface area contributed by atoms with Crippen molar-refractivity contribution in [3.8, 4) is 12.3 Å². The first-order chi connectivity index (χ1) is 11.9. The minimum absolute atomic E-state index is 0.429. The van der Waals surface area contributed by atoms with Crippen molar-refractivity contribution in [1.29, 1.82) is 0 Å². The van der Waals surface area contributed by atoms with Crippen LogP contribution in [-0.2, 0) is 4.79 Å². The van der Waals surface area contributed by atoms with Crippen molar-refractivity contribution >= 4 is 23.2 Å². The van der Waals surface area contributed by atoms with Crippen molar-refractivity contribution in [2.45, 2.75) is 0 Å². The van der Waals surface area contributed by atoms with E-state index in [-0.39, 0.29) is 0 Å². The van der Waals surface area contributed by atoms with E-state index in [1.54, 1.807) is 24.3 Å². The number of terminal acetylenes is 1. The lowest BCUT2D eigenvalue weighted by atomic mass is 10.1. The SMILES string of the molecule is C#Cc1cccc(NC(=O)CNC(=O)c2cc([N+](=O)[O-])ccc2F)c1. The molecule has 0 radical (unpaired) electrons. The molecule has 0 heterocycles. The summed E-state index contributed by atoms with van der Waals surface area (Å²) < 4.78 is 13.6. The molecular weight excluding hydrogens is 329 g/mol. The highest BCUT2D eigenvalue weighted by molar-refractivity contribution is 5.99. The Bertz CT molecular complexity index is 890. The third kappa shape index (κ3) is 4.62. The molecule has 0 atom stereocenters. The molecule has 126 valence electrons. The van der Waals surface area contributed by atoms with Gasteiger partial charge < -0.3 is 10.6 Å². The van der Waals surface area contributed by atoms with E-state index in [0.29, 0.717) is 11.3 Å². The maximum absolute atomic E-state index is 13.6. The van der Waals surface area contributed by atoms with E-state index in [4.69, 9.17) is 6.42 Å². The molecule has 0 aliphatic rings. The highest BCUT2D eigenvalue weighted by Crippen LogP contribution is 2.16. The molecule has 2 aromatic carbocycles. The summed E-state index contributed by atoms with van der Waals surface area (Å²) in [6.07, 6.45) is 5.26. The molecule has 25 heavy (non-hydrogen) atoms. The monoisotopic (exact) mass is 341 g/mol. The van der Waals surface area contributed by atoms with Crippen LogP contribution in [0.4, 0.5) is 15.8 Å². The summed E-state index contributed by atoms with van der Waals surface area (Å²) in [6, 6.07) is 9.08. The van der Waals surface area contributed by atoms with Gasteiger partial charge in [-0.1, -0.05) is 12.0 Å². The predicted octanol–water partition coefficient (Wildman–Crippen LogP) is 2.08. The number of carbonyl (C=O) groups is 2. The Balaban J connectivity index is 2.00. The smallest absolute Gasteiger partial charge is 0.270 e. The number of nitrogens with one attached hydrogen (secondary N) is 2. The molecule has 0 aliphatic carbocycles. The molecule has 0 unspecified atom stereocenters. The van der Waals surface area contributed by atoms with Gasteiger partial charge in [-0.05, 0) is 24.3 Å². The van der Waals surface area contributed by atoms with E-state index in [1.165, 1.54) is 0 Å². The molecule has 7 nitrogen and oxygen atoms in total. The zero-order chi connectivity index (χ0) is 18.4. The molecule has 2 N–H and O–H groups in total. The fourth-order valence-corrected chi connectivity index (χ4v) is 1.95. The second-order valence-electron chi connectivity index (χ2n) is 4.88. The van der Waals surface area contributed by atoms with E-state index in [0.717, 1.165) is 18.2 Å². The van der Waals surface area contributed by atoms with E-state index in [9.17, 15) is 24.1 Å². The molecular formula is C17H12FN3O4. The van der Waals surface area contributed by atoms with Gasteiger partial charge in [0.2, 0.25) is 5.91 Å². The summed E-state index contributed by atoms with van der Waals surface area (Å²) in [5, 5.41) is 15.4. The summed E-state index contributed by atoms with van der Waals surface area (Å²) in [7, 11) is 0. The molecule has 0 fully saturated rings. The molecule has 0 bridgehead atoms. The Kier molecular flexibility index (Phi) is 5.43. The summed E-state index contributed by atoms with van der Waals surface area (Å²) in [5.41, 5.74) is 0.0650. The van der Waals surface area contributed by atoms with Gasteiger partial charge in [-0.15, -0.1) is 6.42 Å². The van der Waals surface area contributed by atoms with Crippen molar-refractivity contribution in [3.05, 3.63) is 69.5 Å². The average molecular weight is 341 g/mol. The Hall–Kier alpha value is -3.73. The van der Waals surface area contributed by atoms with Gasteiger partial charge in [-0.2, -0.15) is 0 Å². The van der Waals surface area contributed by atoms with E-state index < -0.39 is 40.4 Å². The molecule has 2 aromatic rings. The Morgan fingerprint density at radius 1 is 1.24 bits per heavy atom. The first-order valence-corrected chi connectivity index (χ1v) is 6.99. The zero-order valence-corrected chi connectivity index (χ0v) is 12.8. The van der Waals surface area contributed by atoms with Crippen LogP contribution in [-0.4, -0.2) is 23.3 Å². The lowest BCUT2D eigenvalue weighted by Gasteiger charge is -2.08. The van der Waals surface area contributed by atoms with Crippen LogP contribution in [0.15, 0.2) is 42.5 Å². The fourth-order valence-electron chi connectivity index (χ4n) is 1.95. The van der Waals surface area contributed by atoms with Gasteiger partial charge in [0, 0.05) is 23.4 Å². The number of rotatable bonds is 5.